The topological polar surface area (TPSA) is 135 Å². The number of carbonyl (C=O) groups excluding carboxylic acids is 1. The van der Waals surface area contributed by atoms with E-state index in [1.807, 2.05) is 6.92 Å². The van der Waals surface area contributed by atoms with E-state index in [-0.39, 0.29) is 22.9 Å². The molecule has 0 bridgehead atoms. The zero-order valence-corrected chi connectivity index (χ0v) is 25.9. The molecule has 0 spiro atoms. The molecule has 0 N–H and O–H groups in total. The minimum absolute atomic E-state index is 0.0125. The minimum Gasteiger partial charge on any atom is -0.497 e. The van der Waals surface area contributed by atoms with Gasteiger partial charge in [0.15, 0.2) is 4.80 Å². The van der Waals surface area contributed by atoms with Crippen molar-refractivity contribution in [2.75, 3.05) is 20.8 Å². The Kier molecular flexibility index (Phi) is 9.02. The molecule has 13 heteroatoms. The predicted molar refractivity (Wildman–Crippen MR) is 165 cm³/mol. The summed E-state index contributed by atoms with van der Waals surface area (Å²) in [7, 11) is 3.04. The summed E-state index contributed by atoms with van der Waals surface area (Å²) in [4.78, 5) is 43.5. The lowest BCUT2D eigenvalue weighted by Crippen LogP contribution is -2.40. The Bertz CT molecular complexity index is 1970. The van der Waals surface area contributed by atoms with E-state index < -0.39 is 22.5 Å². The number of aromatic nitrogens is 1. The number of halogens is 1. The number of nitrogens with zero attached hydrogens (tertiary/aromatic N) is 3. The van der Waals surface area contributed by atoms with E-state index in [0.717, 1.165) is 11.3 Å². The number of methoxy groups -OCH3 is 2. The van der Waals surface area contributed by atoms with E-state index >= 15 is 0 Å². The number of nitro groups is 1. The van der Waals surface area contributed by atoms with Crippen LogP contribution in [-0.2, 0) is 9.53 Å². The lowest BCUT2D eigenvalue weighted by atomic mass is 9.93. The molecule has 5 rings (SSSR count). The summed E-state index contributed by atoms with van der Waals surface area (Å²) < 4.78 is 24.3. The number of thiazole rings is 1. The number of allylic oxidation sites excluding steroid dienone is 1. The average molecular weight is 638 g/mol. The number of benzene rings is 2. The summed E-state index contributed by atoms with van der Waals surface area (Å²) in [6.07, 6.45) is 2.76. The van der Waals surface area contributed by atoms with Crippen molar-refractivity contribution in [1.82, 2.24) is 4.57 Å². The molecule has 228 valence electrons. The Balaban J connectivity index is 1.70. The number of ether oxygens (including phenoxy) is 3. The summed E-state index contributed by atoms with van der Waals surface area (Å²) in [5, 5.41) is 11.4. The van der Waals surface area contributed by atoms with Crippen LogP contribution in [0.3, 0.4) is 0 Å². The molecule has 0 saturated heterocycles. The summed E-state index contributed by atoms with van der Waals surface area (Å²) in [5.74, 6) is 1.11. The maximum absolute atomic E-state index is 14.1. The Morgan fingerprint density at radius 2 is 1.95 bits per heavy atom. The number of carbonyl (C=O) groups is 1. The molecule has 0 unspecified atom stereocenters. The first-order chi connectivity index (χ1) is 21.2. The molecule has 0 amide bonds. The minimum atomic E-state index is -0.902. The maximum atomic E-state index is 14.1. The second kappa shape index (κ2) is 12.9. The monoisotopic (exact) mass is 637 g/mol. The Morgan fingerprint density at radius 1 is 1.16 bits per heavy atom. The van der Waals surface area contributed by atoms with Crippen molar-refractivity contribution in [3.05, 3.63) is 106 Å². The van der Waals surface area contributed by atoms with Crippen molar-refractivity contribution in [1.29, 1.82) is 0 Å². The van der Waals surface area contributed by atoms with Crippen LogP contribution in [0.1, 0.15) is 44.1 Å². The molecule has 4 aromatic rings. The van der Waals surface area contributed by atoms with E-state index in [1.54, 1.807) is 49.4 Å². The average Bonchev–Trinajstić information content (AvgIpc) is 3.60. The number of fused-ring (bicyclic) bond motifs is 1. The molecule has 0 fully saturated rings. The molecule has 1 aliphatic heterocycles. The molecule has 1 atom stereocenters. The van der Waals surface area contributed by atoms with Crippen LogP contribution in [0.15, 0.2) is 74.0 Å². The second-order valence-electron chi connectivity index (χ2n) is 9.65. The van der Waals surface area contributed by atoms with Gasteiger partial charge >= 0.3 is 5.97 Å². The zero-order valence-electron chi connectivity index (χ0n) is 24.3. The molecule has 0 radical (unpaired) electrons. The van der Waals surface area contributed by atoms with E-state index in [4.69, 9.17) is 35.2 Å². The van der Waals surface area contributed by atoms with Gasteiger partial charge in [-0.25, -0.2) is 9.79 Å². The number of nitro benzene ring substituents is 1. The van der Waals surface area contributed by atoms with Crippen LogP contribution >= 0.6 is 22.9 Å². The van der Waals surface area contributed by atoms with Gasteiger partial charge in [0.25, 0.3) is 11.2 Å². The van der Waals surface area contributed by atoms with E-state index in [0.29, 0.717) is 62.0 Å². The first-order valence-corrected chi connectivity index (χ1v) is 14.9. The SMILES string of the molecule is CCCC1=C(C(=O)OCC)[C@H](c2cc(OC)ccc2OC)n2c(s/c(=C\c3ccc(-c4ccc(Cl)c([N+](=O)[O-])c4)o3)c2=O)=N1. The maximum Gasteiger partial charge on any atom is 0.338 e. The number of esters is 1. The van der Waals surface area contributed by atoms with Crippen LogP contribution in [0.4, 0.5) is 5.69 Å². The van der Waals surface area contributed by atoms with E-state index in [1.165, 1.54) is 30.9 Å². The number of furan rings is 1. The van der Waals surface area contributed by atoms with Crippen molar-refractivity contribution in [3.63, 3.8) is 0 Å². The van der Waals surface area contributed by atoms with Crippen LogP contribution in [0.25, 0.3) is 17.4 Å². The Labute approximate surface area is 260 Å². The highest BCUT2D eigenvalue weighted by Gasteiger charge is 2.36. The lowest BCUT2D eigenvalue weighted by Gasteiger charge is -2.27. The fourth-order valence-electron chi connectivity index (χ4n) is 4.99. The normalized spacial score (nSPS) is 14.7. The van der Waals surface area contributed by atoms with Gasteiger partial charge in [-0.3, -0.25) is 19.5 Å². The van der Waals surface area contributed by atoms with Crippen molar-refractivity contribution >= 4 is 40.7 Å². The number of hydrogen-bond donors (Lipinski definition) is 0. The highest BCUT2D eigenvalue weighted by molar-refractivity contribution is 7.07. The van der Waals surface area contributed by atoms with Crippen molar-refractivity contribution in [3.8, 4) is 22.8 Å². The molecule has 0 saturated carbocycles. The molecule has 2 aromatic heterocycles. The van der Waals surface area contributed by atoms with Gasteiger partial charge in [0, 0.05) is 23.3 Å². The third-order valence-corrected chi connectivity index (χ3v) is 8.25. The largest absolute Gasteiger partial charge is 0.497 e. The van der Waals surface area contributed by atoms with Crippen molar-refractivity contribution < 1.29 is 28.3 Å². The smallest absolute Gasteiger partial charge is 0.338 e. The molecular formula is C31H28ClN3O8S. The van der Waals surface area contributed by atoms with Crippen LogP contribution in [0, 0.1) is 10.1 Å². The third-order valence-electron chi connectivity index (χ3n) is 6.95. The fourth-order valence-corrected chi connectivity index (χ4v) is 6.18. The molecule has 2 aromatic carbocycles. The zero-order chi connectivity index (χ0) is 31.5. The summed E-state index contributed by atoms with van der Waals surface area (Å²) in [6, 6.07) is 12.0. The summed E-state index contributed by atoms with van der Waals surface area (Å²) in [5.41, 5.74) is 1.12. The Hall–Kier alpha value is -4.68. The van der Waals surface area contributed by atoms with Gasteiger partial charge in [-0.1, -0.05) is 36.3 Å². The van der Waals surface area contributed by atoms with Crippen LogP contribution < -0.4 is 24.4 Å². The fraction of sp³-hybridized carbons (Fsp3) is 0.258. The van der Waals surface area contributed by atoms with Gasteiger partial charge in [0.1, 0.15) is 34.1 Å². The highest BCUT2D eigenvalue weighted by atomic mass is 35.5. The molecule has 3 heterocycles. The van der Waals surface area contributed by atoms with Gasteiger partial charge in [-0.05, 0) is 55.8 Å². The molecule has 11 nitrogen and oxygen atoms in total. The van der Waals surface area contributed by atoms with Gasteiger partial charge in [0.05, 0.1) is 41.6 Å². The van der Waals surface area contributed by atoms with Crippen LogP contribution in [0.5, 0.6) is 11.5 Å². The van der Waals surface area contributed by atoms with Gasteiger partial charge in [-0.2, -0.15) is 0 Å². The standard InChI is InChI=1S/C31H28ClN3O8S/c1-5-7-22-27(30(37)42-6-2)28(20-15-18(40-3)9-13-25(20)41-4)34-29(36)26(44-31(34)33-22)16-19-10-12-24(43-19)17-8-11-21(32)23(14-17)35(38)39/h8-16,28H,5-7H2,1-4H3/b26-16-/t28-/m0/s1. The molecule has 1 aliphatic rings. The number of hydrogen-bond acceptors (Lipinski definition) is 10. The highest BCUT2D eigenvalue weighted by Crippen LogP contribution is 2.39. The van der Waals surface area contributed by atoms with Crippen LogP contribution in [-0.4, -0.2) is 36.3 Å². The van der Waals surface area contributed by atoms with Gasteiger partial charge in [-0.15, -0.1) is 0 Å². The van der Waals surface area contributed by atoms with Crippen LogP contribution in [0.2, 0.25) is 5.02 Å². The first-order valence-electron chi connectivity index (χ1n) is 13.7. The first kappa shape index (κ1) is 30.8. The molecular weight excluding hydrogens is 610 g/mol. The van der Waals surface area contributed by atoms with Gasteiger partial charge < -0.3 is 18.6 Å². The van der Waals surface area contributed by atoms with Crippen molar-refractivity contribution in [2.45, 2.75) is 32.7 Å². The van der Waals surface area contributed by atoms with E-state index in [2.05, 4.69) is 0 Å². The summed E-state index contributed by atoms with van der Waals surface area (Å²) in [6.45, 7) is 3.84. The second-order valence-corrected chi connectivity index (χ2v) is 11.1. The molecule has 0 aliphatic carbocycles. The molecule has 44 heavy (non-hydrogen) atoms. The summed E-state index contributed by atoms with van der Waals surface area (Å²) >= 11 is 7.11. The lowest BCUT2D eigenvalue weighted by molar-refractivity contribution is -0.384. The third kappa shape index (κ3) is 5.78. The van der Waals surface area contributed by atoms with Gasteiger partial charge in [0.2, 0.25) is 0 Å². The quantitative estimate of drug-likeness (QED) is 0.128. The van der Waals surface area contributed by atoms with E-state index in [9.17, 15) is 19.7 Å². The number of rotatable bonds is 10. The predicted octanol–water partition coefficient (Wildman–Crippen LogP) is 5.42. The Morgan fingerprint density at radius 3 is 2.64 bits per heavy atom. The van der Waals surface area contributed by atoms with Crippen molar-refractivity contribution in [2.24, 2.45) is 4.99 Å².